The summed E-state index contributed by atoms with van der Waals surface area (Å²) in [6, 6.07) is 7.84. The number of hydrogen-bond donors (Lipinski definition) is 3. The number of ether oxygens (including phenoxy) is 2. The Morgan fingerprint density at radius 1 is 1.15 bits per heavy atom. The Balaban J connectivity index is 2.42. The van der Waals surface area contributed by atoms with E-state index in [1.807, 2.05) is 18.2 Å². The molecule has 0 saturated heterocycles. The Morgan fingerprint density at radius 3 is 2.31 bits per heavy atom. The topological polar surface area (TPSA) is 114 Å². The van der Waals surface area contributed by atoms with Crippen LogP contribution in [0.1, 0.15) is 33.3 Å². The van der Waals surface area contributed by atoms with Gasteiger partial charge in [-0.1, -0.05) is 30.3 Å². The van der Waals surface area contributed by atoms with Crippen molar-refractivity contribution in [1.82, 2.24) is 10.6 Å². The van der Waals surface area contributed by atoms with Crippen molar-refractivity contribution in [3.8, 4) is 0 Å². The van der Waals surface area contributed by atoms with Crippen LogP contribution in [0.5, 0.6) is 0 Å². The number of aliphatic carboxylic acids is 1. The Bertz CT molecular complexity index is 612. The molecule has 2 atom stereocenters. The first-order chi connectivity index (χ1) is 12.1. The summed E-state index contributed by atoms with van der Waals surface area (Å²) >= 11 is 0. The van der Waals surface area contributed by atoms with E-state index in [1.54, 1.807) is 39.8 Å². The average molecular weight is 366 g/mol. The van der Waals surface area contributed by atoms with Crippen LogP contribution in [-0.4, -0.2) is 47.4 Å². The van der Waals surface area contributed by atoms with Crippen molar-refractivity contribution in [1.29, 1.82) is 0 Å². The fraction of sp³-hybridized carbons (Fsp3) is 0.500. The molecule has 144 valence electrons. The van der Waals surface area contributed by atoms with E-state index < -0.39 is 42.3 Å². The lowest BCUT2D eigenvalue weighted by Gasteiger charge is -2.29. The highest BCUT2D eigenvalue weighted by Gasteiger charge is 2.30. The van der Waals surface area contributed by atoms with Crippen molar-refractivity contribution in [2.45, 2.75) is 52.0 Å². The number of amides is 2. The number of carbonyl (C=O) groups is 3. The maximum Gasteiger partial charge on any atom is 0.407 e. The molecule has 0 aliphatic rings. The Hall–Kier alpha value is -2.61. The van der Waals surface area contributed by atoms with Crippen molar-refractivity contribution in [2.24, 2.45) is 0 Å². The molecule has 1 aromatic rings. The summed E-state index contributed by atoms with van der Waals surface area (Å²) in [5, 5.41) is 13.9. The van der Waals surface area contributed by atoms with Gasteiger partial charge in [-0.05, 0) is 33.3 Å². The normalized spacial score (nSPS) is 13.4. The van der Waals surface area contributed by atoms with Crippen LogP contribution in [-0.2, 0) is 25.7 Å². The molecule has 0 heterocycles. The number of carboxylic acid groups (broad SMARTS) is 1. The second-order valence-corrected chi connectivity index (χ2v) is 6.73. The number of rotatable bonds is 8. The fourth-order valence-corrected chi connectivity index (χ4v) is 2.16. The lowest BCUT2D eigenvalue weighted by molar-refractivity contribution is -0.150. The second-order valence-electron chi connectivity index (χ2n) is 6.73. The molecule has 0 aliphatic heterocycles. The summed E-state index contributed by atoms with van der Waals surface area (Å²) in [4.78, 5) is 34.9. The smallest absolute Gasteiger partial charge is 0.407 e. The Morgan fingerprint density at radius 2 is 1.77 bits per heavy atom. The van der Waals surface area contributed by atoms with Gasteiger partial charge in [-0.2, -0.15) is 0 Å². The molecule has 0 spiro atoms. The van der Waals surface area contributed by atoms with Crippen LogP contribution in [0, 0.1) is 0 Å². The standard InChI is InChI=1S/C18H26N2O6/c1-12(26-18(2,3)4)15(16(22)23)20-14(21)10-19-17(24)25-11-13-8-6-5-7-9-13/h5-9,12,15H,10-11H2,1-4H3,(H,19,24)(H,20,21)(H,22,23)/t12-,15+/m0/s1. The molecule has 3 N–H and O–H groups in total. The summed E-state index contributed by atoms with van der Waals surface area (Å²) < 4.78 is 10.5. The molecule has 1 aromatic carbocycles. The minimum Gasteiger partial charge on any atom is -0.480 e. The van der Waals surface area contributed by atoms with E-state index in [0.717, 1.165) is 5.56 Å². The van der Waals surface area contributed by atoms with Gasteiger partial charge >= 0.3 is 12.1 Å². The quantitative estimate of drug-likeness (QED) is 0.645. The lowest BCUT2D eigenvalue weighted by atomic mass is 10.1. The number of nitrogens with one attached hydrogen (secondary N) is 2. The highest BCUT2D eigenvalue weighted by Crippen LogP contribution is 2.13. The van der Waals surface area contributed by atoms with E-state index in [9.17, 15) is 19.5 Å². The van der Waals surface area contributed by atoms with E-state index in [0.29, 0.717) is 0 Å². The number of alkyl carbamates (subject to hydrolysis) is 1. The Labute approximate surface area is 152 Å². The lowest BCUT2D eigenvalue weighted by Crippen LogP contribution is -2.52. The maximum atomic E-state index is 11.9. The van der Waals surface area contributed by atoms with Crippen LogP contribution in [0.25, 0.3) is 0 Å². The third-order valence-corrected chi connectivity index (χ3v) is 3.20. The summed E-state index contributed by atoms with van der Waals surface area (Å²) in [5.41, 5.74) is 0.253. The van der Waals surface area contributed by atoms with Crippen LogP contribution in [0.15, 0.2) is 30.3 Å². The summed E-state index contributed by atoms with van der Waals surface area (Å²) in [7, 11) is 0. The van der Waals surface area contributed by atoms with E-state index in [-0.39, 0.29) is 6.61 Å². The second kappa shape index (κ2) is 9.76. The van der Waals surface area contributed by atoms with Crippen LogP contribution in [0.3, 0.4) is 0 Å². The van der Waals surface area contributed by atoms with Gasteiger partial charge in [0, 0.05) is 0 Å². The van der Waals surface area contributed by atoms with Gasteiger partial charge in [0.2, 0.25) is 5.91 Å². The van der Waals surface area contributed by atoms with Crippen molar-refractivity contribution in [2.75, 3.05) is 6.54 Å². The summed E-state index contributed by atoms with van der Waals surface area (Å²) in [5.74, 6) is -1.87. The molecule has 1 rings (SSSR count). The molecule has 8 nitrogen and oxygen atoms in total. The molecule has 0 fully saturated rings. The third kappa shape index (κ3) is 8.48. The van der Waals surface area contributed by atoms with Crippen molar-refractivity contribution >= 4 is 18.0 Å². The summed E-state index contributed by atoms with van der Waals surface area (Å²) in [6.07, 6.45) is -1.52. The molecule has 0 aromatic heterocycles. The zero-order valence-electron chi connectivity index (χ0n) is 15.4. The highest BCUT2D eigenvalue weighted by molar-refractivity contribution is 5.86. The van der Waals surface area contributed by atoms with Gasteiger partial charge in [-0.15, -0.1) is 0 Å². The van der Waals surface area contributed by atoms with E-state index >= 15 is 0 Å². The van der Waals surface area contributed by atoms with E-state index in [4.69, 9.17) is 9.47 Å². The fourth-order valence-electron chi connectivity index (χ4n) is 2.16. The van der Waals surface area contributed by atoms with Crippen molar-refractivity contribution in [3.63, 3.8) is 0 Å². The van der Waals surface area contributed by atoms with Gasteiger partial charge < -0.3 is 25.2 Å². The number of carbonyl (C=O) groups excluding carboxylic acids is 2. The molecule has 0 saturated carbocycles. The van der Waals surface area contributed by atoms with E-state index in [2.05, 4.69) is 10.6 Å². The largest absolute Gasteiger partial charge is 0.480 e. The zero-order chi connectivity index (χ0) is 19.7. The Kier molecular flexibility index (Phi) is 8.05. The van der Waals surface area contributed by atoms with Gasteiger partial charge in [0.25, 0.3) is 0 Å². The van der Waals surface area contributed by atoms with Gasteiger partial charge in [0.15, 0.2) is 6.04 Å². The first-order valence-electron chi connectivity index (χ1n) is 8.23. The molecule has 0 bridgehead atoms. The molecule has 0 radical (unpaired) electrons. The summed E-state index contributed by atoms with van der Waals surface area (Å²) in [6.45, 7) is 6.59. The predicted octanol–water partition coefficient (Wildman–Crippen LogP) is 1.69. The van der Waals surface area contributed by atoms with Gasteiger partial charge in [0.1, 0.15) is 13.2 Å². The van der Waals surface area contributed by atoms with Gasteiger partial charge in [-0.25, -0.2) is 9.59 Å². The van der Waals surface area contributed by atoms with Crippen LogP contribution >= 0.6 is 0 Å². The molecule has 0 unspecified atom stereocenters. The molecule has 0 aliphatic carbocycles. The highest BCUT2D eigenvalue weighted by atomic mass is 16.5. The first-order valence-corrected chi connectivity index (χ1v) is 8.23. The molecule has 8 heteroatoms. The first kappa shape index (κ1) is 21.4. The minimum absolute atomic E-state index is 0.0719. The maximum absolute atomic E-state index is 11.9. The molecule has 2 amide bonds. The third-order valence-electron chi connectivity index (χ3n) is 3.20. The average Bonchev–Trinajstić information content (AvgIpc) is 2.55. The van der Waals surface area contributed by atoms with Gasteiger partial charge in [0.05, 0.1) is 11.7 Å². The monoisotopic (exact) mass is 366 g/mol. The zero-order valence-corrected chi connectivity index (χ0v) is 15.4. The van der Waals surface area contributed by atoms with Crippen LogP contribution < -0.4 is 10.6 Å². The molecular formula is C18H26N2O6. The number of carboxylic acids is 1. The number of hydrogen-bond acceptors (Lipinski definition) is 5. The van der Waals surface area contributed by atoms with Crippen LogP contribution in [0.2, 0.25) is 0 Å². The van der Waals surface area contributed by atoms with Crippen molar-refractivity contribution in [3.05, 3.63) is 35.9 Å². The predicted molar refractivity (Wildman–Crippen MR) is 94.5 cm³/mol. The molecular weight excluding hydrogens is 340 g/mol. The minimum atomic E-state index is -1.23. The number of benzene rings is 1. The molecule has 26 heavy (non-hydrogen) atoms. The SMILES string of the molecule is C[C@H](OC(C)(C)C)[C@@H](NC(=O)CNC(=O)OCc1ccccc1)C(=O)O. The van der Waals surface area contributed by atoms with E-state index in [1.165, 1.54) is 0 Å². The van der Waals surface area contributed by atoms with Gasteiger partial charge in [-0.3, -0.25) is 4.79 Å². The van der Waals surface area contributed by atoms with Crippen molar-refractivity contribution < 1.29 is 29.0 Å². The van der Waals surface area contributed by atoms with Crippen LogP contribution in [0.4, 0.5) is 4.79 Å².